The van der Waals surface area contributed by atoms with E-state index in [-0.39, 0.29) is 30.0 Å². The number of amides is 1. The number of anilines is 1. The maximum absolute atomic E-state index is 13.5. The van der Waals surface area contributed by atoms with Crippen LogP contribution in [0.3, 0.4) is 0 Å². The van der Waals surface area contributed by atoms with Crippen molar-refractivity contribution in [3.63, 3.8) is 0 Å². The third-order valence-electron chi connectivity index (χ3n) is 3.20. The number of thiazole rings is 1. The van der Waals surface area contributed by atoms with Crippen molar-refractivity contribution in [2.24, 2.45) is 11.7 Å². The molecule has 7 heteroatoms. The second kappa shape index (κ2) is 8.22. The normalized spacial score (nSPS) is 11.6. The van der Waals surface area contributed by atoms with E-state index in [0.29, 0.717) is 23.7 Å². The smallest absolute Gasteiger partial charge is 0.230 e. The van der Waals surface area contributed by atoms with E-state index in [1.54, 1.807) is 26.1 Å². The Balaban J connectivity index is 0.00000242. The van der Waals surface area contributed by atoms with Gasteiger partial charge in [-0.15, -0.1) is 23.7 Å². The SMILES string of the molecule is Cc1ccc(Cc2cnc(NC(=O)C(C)CN)s2)cc1F.Cl. The zero-order valence-corrected chi connectivity index (χ0v) is 14.1. The minimum absolute atomic E-state index is 0. The first-order chi connectivity index (χ1) is 9.99. The summed E-state index contributed by atoms with van der Waals surface area (Å²) in [5.41, 5.74) is 6.96. The van der Waals surface area contributed by atoms with Crippen molar-refractivity contribution in [1.82, 2.24) is 4.98 Å². The molecule has 1 unspecified atom stereocenters. The number of carbonyl (C=O) groups excluding carboxylic acids is 1. The average molecular weight is 344 g/mol. The van der Waals surface area contributed by atoms with Gasteiger partial charge in [0.15, 0.2) is 5.13 Å². The van der Waals surface area contributed by atoms with Crippen LogP contribution in [0.15, 0.2) is 24.4 Å². The highest BCUT2D eigenvalue weighted by Gasteiger charge is 2.13. The van der Waals surface area contributed by atoms with Crippen molar-refractivity contribution in [2.45, 2.75) is 20.3 Å². The summed E-state index contributed by atoms with van der Waals surface area (Å²) in [7, 11) is 0. The average Bonchev–Trinajstić information content (AvgIpc) is 2.89. The second-order valence-corrected chi connectivity index (χ2v) is 6.13. The Morgan fingerprint density at radius 3 is 2.86 bits per heavy atom. The summed E-state index contributed by atoms with van der Waals surface area (Å²) in [6.45, 7) is 3.80. The van der Waals surface area contributed by atoms with E-state index in [1.165, 1.54) is 17.4 Å². The molecule has 3 N–H and O–H groups in total. The number of carbonyl (C=O) groups is 1. The molecule has 1 amide bonds. The molecule has 1 aromatic carbocycles. The molecule has 0 saturated heterocycles. The number of nitrogens with two attached hydrogens (primary N) is 1. The lowest BCUT2D eigenvalue weighted by Crippen LogP contribution is -2.26. The molecule has 2 rings (SSSR count). The molecule has 0 fully saturated rings. The molecule has 22 heavy (non-hydrogen) atoms. The molecule has 1 atom stereocenters. The van der Waals surface area contributed by atoms with Gasteiger partial charge < -0.3 is 11.1 Å². The number of halogens is 2. The van der Waals surface area contributed by atoms with Crippen molar-refractivity contribution in [2.75, 3.05) is 11.9 Å². The minimum atomic E-state index is -0.247. The van der Waals surface area contributed by atoms with Crippen molar-refractivity contribution in [3.8, 4) is 0 Å². The van der Waals surface area contributed by atoms with Crippen LogP contribution in [0.4, 0.5) is 9.52 Å². The van der Waals surface area contributed by atoms with E-state index in [9.17, 15) is 9.18 Å². The molecule has 1 aromatic heterocycles. The lowest BCUT2D eigenvalue weighted by Gasteiger charge is -2.06. The number of hydrogen-bond acceptors (Lipinski definition) is 4. The van der Waals surface area contributed by atoms with Crippen LogP contribution in [0.2, 0.25) is 0 Å². The zero-order valence-electron chi connectivity index (χ0n) is 12.4. The van der Waals surface area contributed by atoms with Crippen LogP contribution < -0.4 is 11.1 Å². The van der Waals surface area contributed by atoms with Gasteiger partial charge in [-0.05, 0) is 24.1 Å². The summed E-state index contributed by atoms with van der Waals surface area (Å²) < 4.78 is 13.5. The molecule has 0 aliphatic heterocycles. The largest absolute Gasteiger partial charge is 0.330 e. The highest BCUT2D eigenvalue weighted by Crippen LogP contribution is 2.22. The second-order valence-electron chi connectivity index (χ2n) is 5.02. The molecule has 0 aliphatic rings. The van der Waals surface area contributed by atoms with Crippen LogP contribution in [0.5, 0.6) is 0 Å². The number of benzene rings is 1. The summed E-state index contributed by atoms with van der Waals surface area (Å²) in [4.78, 5) is 16.8. The fraction of sp³-hybridized carbons (Fsp3) is 0.333. The van der Waals surface area contributed by atoms with Gasteiger partial charge in [0, 0.05) is 30.0 Å². The molecule has 0 saturated carbocycles. The molecule has 2 aromatic rings. The highest BCUT2D eigenvalue weighted by molar-refractivity contribution is 7.15. The molecular formula is C15H19ClFN3OS. The summed E-state index contributed by atoms with van der Waals surface area (Å²) in [6, 6.07) is 5.19. The van der Waals surface area contributed by atoms with Crippen LogP contribution in [0.1, 0.15) is 22.9 Å². The number of aryl methyl sites for hydroxylation is 1. The quantitative estimate of drug-likeness (QED) is 0.876. The number of hydrogen-bond donors (Lipinski definition) is 2. The first-order valence-corrected chi connectivity index (χ1v) is 7.52. The fourth-order valence-electron chi connectivity index (χ4n) is 1.73. The van der Waals surface area contributed by atoms with Gasteiger partial charge in [-0.2, -0.15) is 0 Å². The molecule has 120 valence electrons. The van der Waals surface area contributed by atoms with Crippen LogP contribution in [0.25, 0.3) is 0 Å². The molecule has 0 radical (unpaired) electrons. The van der Waals surface area contributed by atoms with Gasteiger partial charge in [-0.25, -0.2) is 9.37 Å². The summed E-state index contributed by atoms with van der Waals surface area (Å²) in [6.07, 6.45) is 2.29. The topological polar surface area (TPSA) is 68.0 Å². The molecule has 1 heterocycles. The number of nitrogens with one attached hydrogen (secondary N) is 1. The Kier molecular flexibility index (Phi) is 6.93. The number of nitrogens with zero attached hydrogens (tertiary/aromatic N) is 1. The Hall–Kier alpha value is -1.50. The molecular weight excluding hydrogens is 325 g/mol. The lowest BCUT2D eigenvalue weighted by atomic mass is 10.1. The molecule has 0 bridgehead atoms. The summed E-state index contributed by atoms with van der Waals surface area (Å²) in [5, 5.41) is 3.28. The first-order valence-electron chi connectivity index (χ1n) is 6.70. The Morgan fingerprint density at radius 1 is 1.50 bits per heavy atom. The Bertz CT molecular complexity index is 647. The van der Waals surface area contributed by atoms with E-state index in [4.69, 9.17) is 5.73 Å². The van der Waals surface area contributed by atoms with Gasteiger partial charge in [-0.3, -0.25) is 4.79 Å². The maximum Gasteiger partial charge on any atom is 0.230 e. The molecule has 4 nitrogen and oxygen atoms in total. The van der Waals surface area contributed by atoms with Gasteiger partial charge in [0.25, 0.3) is 0 Å². The Labute approximate surface area is 139 Å². The van der Waals surface area contributed by atoms with Crippen LogP contribution >= 0.6 is 23.7 Å². The van der Waals surface area contributed by atoms with Gasteiger partial charge in [-0.1, -0.05) is 19.1 Å². The third kappa shape index (κ3) is 4.76. The molecule has 0 spiro atoms. The van der Waals surface area contributed by atoms with E-state index >= 15 is 0 Å². The minimum Gasteiger partial charge on any atom is -0.330 e. The monoisotopic (exact) mass is 343 g/mol. The fourth-order valence-corrected chi connectivity index (χ4v) is 2.58. The lowest BCUT2D eigenvalue weighted by molar-refractivity contribution is -0.119. The van der Waals surface area contributed by atoms with E-state index < -0.39 is 0 Å². The van der Waals surface area contributed by atoms with Crippen molar-refractivity contribution in [3.05, 3.63) is 46.2 Å². The zero-order chi connectivity index (χ0) is 15.4. The standard InChI is InChI=1S/C15H18FN3OS.ClH/c1-9-3-4-11(6-13(9)16)5-12-8-18-15(21-12)19-14(20)10(2)7-17;/h3-4,6,8,10H,5,7,17H2,1-2H3,(H,18,19,20);1H. The van der Waals surface area contributed by atoms with Gasteiger partial charge in [0.05, 0.1) is 0 Å². The van der Waals surface area contributed by atoms with Crippen LogP contribution in [-0.2, 0) is 11.2 Å². The highest BCUT2D eigenvalue weighted by atomic mass is 35.5. The van der Waals surface area contributed by atoms with Crippen molar-refractivity contribution < 1.29 is 9.18 Å². The van der Waals surface area contributed by atoms with Gasteiger partial charge >= 0.3 is 0 Å². The maximum atomic E-state index is 13.5. The van der Waals surface area contributed by atoms with E-state index in [2.05, 4.69) is 10.3 Å². The van der Waals surface area contributed by atoms with E-state index in [1.807, 2.05) is 6.07 Å². The summed E-state index contributed by atoms with van der Waals surface area (Å²) in [5.74, 6) is -0.592. The number of rotatable bonds is 5. The van der Waals surface area contributed by atoms with Crippen LogP contribution in [-0.4, -0.2) is 17.4 Å². The first kappa shape index (κ1) is 18.5. The van der Waals surface area contributed by atoms with E-state index in [0.717, 1.165) is 10.4 Å². The predicted molar refractivity (Wildman–Crippen MR) is 90.2 cm³/mol. The third-order valence-corrected chi connectivity index (χ3v) is 4.11. The molecule has 0 aliphatic carbocycles. The van der Waals surface area contributed by atoms with Gasteiger partial charge in [0.2, 0.25) is 5.91 Å². The Morgan fingerprint density at radius 2 is 2.23 bits per heavy atom. The van der Waals surface area contributed by atoms with Crippen molar-refractivity contribution >= 4 is 34.8 Å². The van der Waals surface area contributed by atoms with Gasteiger partial charge in [0.1, 0.15) is 5.82 Å². The summed E-state index contributed by atoms with van der Waals surface area (Å²) >= 11 is 1.39. The number of aromatic nitrogens is 1. The van der Waals surface area contributed by atoms with Crippen LogP contribution in [0, 0.1) is 18.7 Å². The van der Waals surface area contributed by atoms with Crippen molar-refractivity contribution in [1.29, 1.82) is 0 Å². The predicted octanol–water partition coefficient (Wildman–Crippen LogP) is 3.14.